The number of halogens is 1. The highest BCUT2D eigenvalue weighted by Crippen LogP contribution is 2.31. The minimum atomic E-state index is 0.391. The third-order valence-corrected chi connectivity index (χ3v) is 5.19. The van der Waals surface area contributed by atoms with Crippen LogP contribution >= 0.6 is 27.3 Å². The van der Waals surface area contributed by atoms with Crippen LogP contribution in [-0.2, 0) is 10.1 Å². The SMILES string of the molecule is COC1CCN(c2nc3sccn3c2CBr)C(C)C1. The Morgan fingerprint density at radius 3 is 3.11 bits per heavy atom. The smallest absolute Gasteiger partial charge is 0.195 e. The number of fused-ring (bicyclic) bond motifs is 1. The number of methoxy groups -OCH3 is 1. The van der Waals surface area contributed by atoms with E-state index in [1.807, 2.05) is 7.11 Å². The molecule has 0 aliphatic carbocycles. The van der Waals surface area contributed by atoms with E-state index in [1.165, 1.54) is 5.69 Å². The first-order valence-corrected chi connectivity index (χ1v) is 8.54. The number of hydrogen-bond acceptors (Lipinski definition) is 4. The van der Waals surface area contributed by atoms with Crippen LogP contribution in [-0.4, -0.2) is 35.2 Å². The van der Waals surface area contributed by atoms with Crippen molar-refractivity contribution in [3.05, 3.63) is 17.3 Å². The third kappa shape index (κ3) is 2.30. The van der Waals surface area contributed by atoms with Crippen molar-refractivity contribution in [1.29, 1.82) is 0 Å². The van der Waals surface area contributed by atoms with Crippen molar-refractivity contribution >= 4 is 38.0 Å². The first-order chi connectivity index (χ1) is 9.24. The second kappa shape index (κ2) is 5.42. The van der Waals surface area contributed by atoms with Gasteiger partial charge in [0.25, 0.3) is 0 Å². The summed E-state index contributed by atoms with van der Waals surface area (Å²) in [5.74, 6) is 1.13. The fourth-order valence-corrected chi connectivity index (χ4v) is 4.08. The Labute approximate surface area is 125 Å². The number of anilines is 1. The summed E-state index contributed by atoms with van der Waals surface area (Å²) in [6, 6.07) is 0.473. The zero-order valence-electron chi connectivity index (χ0n) is 11.2. The normalized spacial score (nSPS) is 24.3. The van der Waals surface area contributed by atoms with Crippen LogP contribution in [0.2, 0.25) is 0 Å². The number of hydrogen-bond donors (Lipinski definition) is 0. The number of aromatic nitrogens is 2. The van der Waals surface area contributed by atoms with Crippen LogP contribution in [0.5, 0.6) is 0 Å². The minimum absolute atomic E-state index is 0.391. The molecule has 0 bridgehead atoms. The van der Waals surface area contributed by atoms with Gasteiger partial charge in [-0.25, -0.2) is 4.98 Å². The largest absolute Gasteiger partial charge is 0.381 e. The Bertz CT molecular complexity index is 567. The molecular weight excluding hydrogens is 326 g/mol. The van der Waals surface area contributed by atoms with E-state index in [4.69, 9.17) is 9.72 Å². The molecule has 3 heterocycles. The second-order valence-corrected chi connectivity index (χ2v) is 6.43. The maximum absolute atomic E-state index is 5.49. The molecule has 2 atom stereocenters. The van der Waals surface area contributed by atoms with Crippen molar-refractivity contribution in [1.82, 2.24) is 9.38 Å². The fourth-order valence-electron chi connectivity index (χ4n) is 2.83. The summed E-state index contributed by atoms with van der Waals surface area (Å²) in [5, 5.41) is 2.91. The van der Waals surface area contributed by atoms with Gasteiger partial charge in [0.2, 0.25) is 0 Å². The zero-order chi connectivity index (χ0) is 13.4. The molecule has 1 aliphatic heterocycles. The Hall–Kier alpha value is -0.590. The number of imidazole rings is 1. The molecule has 6 heteroatoms. The van der Waals surface area contributed by atoms with Crippen LogP contribution in [0.3, 0.4) is 0 Å². The lowest BCUT2D eigenvalue weighted by Crippen LogP contribution is -2.43. The topological polar surface area (TPSA) is 29.8 Å². The van der Waals surface area contributed by atoms with Gasteiger partial charge in [0.15, 0.2) is 10.8 Å². The lowest BCUT2D eigenvalue weighted by atomic mass is 10.0. The van der Waals surface area contributed by atoms with Gasteiger partial charge in [-0.1, -0.05) is 15.9 Å². The highest BCUT2D eigenvalue weighted by molar-refractivity contribution is 9.08. The van der Waals surface area contributed by atoms with Gasteiger partial charge in [0.05, 0.1) is 11.8 Å². The summed E-state index contributed by atoms with van der Waals surface area (Å²) in [6.45, 7) is 3.28. The zero-order valence-corrected chi connectivity index (χ0v) is 13.6. The van der Waals surface area contributed by atoms with Gasteiger partial charge in [0, 0.05) is 36.6 Å². The van der Waals surface area contributed by atoms with Crippen molar-refractivity contribution < 1.29 is 4.74 Å². The van der Waals surface area contributed by atoms with E-state index in [0.29, 0.717) is 12.1 Å². The van der Waals surface area contributed by atoms with E-state index in [0.717, 1.165) is 35.5 Å². The molecule has 2 aromatic rings. The monoisotopic (exact) mass is 343 g/mol. The number of nitrogens with zero attached hydrogens (tertiary/aromatic N) is 3. The Kier molecular flexibility index (Phi) is 3.82. The third-order valence-electron chi connectivity index (χ3n) is 3.90. The molecule has 2 unspecified atom stereocenters. The lowest BCUT2D eigenvalue weighted by Gasteiger charge is -2.37. The van der Waals surface area contributed by atoms with E-state index >= 15 is 0 Å². The Morgan fingerprint density at radius 2 is 2.42 bits per heavy atom. The van der Waals surface area contributed by atoms with E-state index in [9.17, 15) is 0 Å². The van der Waals surface area contributed by atoms with Crippen LogP contribution in [0, 0.1) is 0 Å². The minimum Gasteiger partial charge on any atom is -0.381 e. The van der Waals surface area contributed by atoms with Crippen molar-refractivity contribution in [2.75, 3.05) is 18.6 Å². The number of thiazole rings is 1. The number of piperidine rings is 1. The van der Waals surface area contributed by atoms with E-state index < -0.39 is 0 Å². The van der Waals surface area contributed by atoms with Gasteiger partial charge in [-0.05, 0) is 19.8 Å². The van der Waals surface area contributed by atoms with Crippen LogP contribution in [0.15, 0.2) is 11.6 Å². The highest BCUT2D eigenvalue weighted by Gasteiger charge is 2.29. The predicted molar refractivity (Wildman–Crippen MR) is 82.5 cm³/mol. The average molecular weight is 344 g/mol. The number of alkyl halides is 1. The summed E-state index contributed by atoms with van der Waals surface area (Å²) in [6.07, 6.45) is 4.64. The summed E-state index contributed by atoms with van der Waals surface area (Å²) < 4.78 is 7.67. The first kappa shape index (κ1) is 13.4. The molecule has 1 saturated heterocycles. The van der Waals surface area contributed by atoms with Crippen LogP contribution in [0.4, 0.5) is 5.82 Å². The summed E-state index contributed by atoms with van der Waals surface area (Å²) in [4.78, 5) is 8.30. The number of ether oxygens (including phenoxy) is 1. The summed E-state index contributed by atoms with van der Waals surface area (Å²) in [5.41, 5.74) is 1.25. The lowest BCUT2D eigenvalue weighted by molar-refractivity contribution is 0.0719. The molecular formula is C13H18BrN3OS. The quantitative estimate of drug-likeness (QED) is 0.801. The molecule has 0 radical (unpaired) electrons. The molecule has 19 heavy (non-hydrogen) atoms. The van der Waals surface area contributed by atoms with Gasteiger partial charge < -0.3 is 9.64 Å². The average Bonchev–Trinajstić information content (AvgIpc) is 2.98. The Balaban J connectivity index is 1.93. The van der Waals surface area contributed by atoms with E-state index in [2.05, 4.69) is 43.7 Å². The number of rotatable bonds is 3. The van der Waals surface area contributed by atoms with Crippen LogP contribution in [0.1, 0.15) is 25.5 Å². The van der Waals surface area contributed by atoms with E-state index in [1.54, 1.807) is 11.3 Å². The molecule has 3 rings (SSSR count). The summed E-state index contributed by atoms with van der Waals surface area (Å²) in [7, 11) is 1.81. The van der Waals surface area contributed by atoms with E-state index in [-0.39, 0.29) is 0 Å². The maximum Gasteiger partial charge on any atom is 0.195 e. The standard InChI is InChI=1S/C13H18BrN3OS/c1-9-7-10(18-2)3-4-16(9)12-11(8-14)17-5-6-19-13(17)15-12/h5-6,9-10H,3-4,7-8H2,1-2H3. The molecule has 0 N–H and O–H groups in total. The molecule has 4 nitrogen and oxygen atoms in total. The van der Waals surface area contributed by atoms with Gasteiger partial charge in [0.1, 0.15) is 0 Å². The second-order valence-electron chi connectivity index (χ2n) is 5.00. The van der Waals surface area contributed by atoms with Gasteiger partial charge in [-0.15, -0.1) is 11.3 Å². The molecule has 0 saturated carbocycles. The van der Waals surface area contributed by atoms with Crippen molar-refractivity contribution in [2.24, 2.45) is 0 Å². The molecule has 0 spiro atoms. The fraction of sp³-hybridized carbons (Fsp3) is 0.615. The first-order valence-electron chi connectivity index (χ1n) is 6.54. The predicted octanol–water partition coefficient (Wildman–Crippen LogP) is 3.29. The van der Waals surface area contributed by atoms with Crippen molar-refractivity contribution in [2.45, 2.75) is 37.2 Å². The molecule has 1 fully saturated rings. The van der Waals surface area contributed by atoms with Crippen LogP contribution in [0.25, 0.3) is 4.96 Å². The Morgan fingerprint density at radius 1 is 1.58 bits per heavy atom. The van der Waals surface area contributed by atoms with Crippen molar-refractivity contribution in [3.8, 4) is 0 Å². The van der Waals surface area contributed by atoms with Gasteiger partial charge in [-0.3, -0.25) is 4.40 Å². The van der Waals surface area contributed by atoms with Gasteiger partial charge >= 0.3 is 0 Å². The summed E-state index contributed by atoms with van der Waals surface area (Å²) >= 11 is 5.29. The molecule has 2 aromatic heterocycles. The van der Waals surface area contributed by atoms with Gasteiger partial charge in [-0.2, -0.15) is 0 Å². The maximum atomic E-state index is 5.49. The van der Waals surface area contributed by atoms with Crippen molar-refractivity contribution in [3.63, 3.8) is 0 Å². The van der Waals surface area contributed by atoms with Crippen LogP contribution < -0.4 is 4.90 Å². The molecule has 104 valence electrons. The highest BCUT2D eigenvalue weighted by atomic mass is 79.9. The molecule has 1 aliphatic rings. The molecule has 0 aromatic carbocycles. The molecule has 0 amide bonds.